The van der Waals surface area contributed by atoms with Gasteiger partial charge in [-0.15, -0.1) is 5.10 Å². The Bertz CT molecular complexity index is 1120. The van der Waals surface area contributed by atoms with E-state index in [0.29, 0.717) is 35.2 Å². The molecule has 0 saturated heterocycles. The fourth-order valence-corrected chi connectivity index (χ4v) is 2.95. The Labute approximate surface area is 149 Å². The van der Waals surface area contributed by atoms with Gasteiger partial charge in [-0.2, -0.15) is 13.2 Å². The van der Waals surface area contributed by atoms with Crippen molar-refractivity contribution in [2.24, 2.45) is 0 Å². The number of fused-ring (bicyclic) bond motifs is 3. The number of rotatable bonds is 3. The summed E-state index contributed by atoms with van der Waals surface area (Å²) < 4.78 is 45.6. The molecule has 0 fully saturated rings. The van der Waals surface area contributed by atoms with Crippen LogP contribution in [-0.4, -0.2) is 31.2 Å². The largest absolute Gasteiger partial charge is 0.492 e. The van der Waals surface area contributed by atoms with E-state index in [-0.39, 0.29) is 5.82 Å². The molecule has 0 aliphatic rings. The molecule has 26 heavy (non-hydrogen) atoms. The Morgan fingerprint density at radius 2 is 2.12 bits per heavy atom. The number of nitrogens with one attached hydrogen (secondary N) is 1. The Balaban J connectivity index is 1.87. The minimum absolute atomic E-state index is 0.0815. The third-order valence-electron chi connectivity index (χ3n) is 3.82. The van der Waals surface area contributed by atoms with E-state index in [1.807, 2.05) is 13.0 Å². The van der Waals surface area contributed by atoms with Gasteiger partial charge in [-0.25, -0.2) is 14.5 Å². The van der Waals surface area contributed by atoms with Gasteiger partial charge in [-0.05, 0) is 19.1 Å². The first-order valence-electron chi connectivity index (χ1n) is 7.61. The van der Waals surface area contributed by atoms with Crippen molar-refractivity contribution in [3.8, 4) is 17.1 Å². The first-order valence-corrected chi connectivity index (χ1v) is 7.98. The van der Waals surface area contributed by atoms with Crippen LogP contribution < -0.4 is 4.74 Å². The summed E-state index contributed by atoms with van der Waals surface area (Å²) in [6, 6.07) is 3.60. The molecule has 10 heteroatoms. The van der Waals surface area contributed by atoms with Crippen LogP contribution in [0, 0.1) is 0 Å². The molecule has 134 valence electrons. The summed E-state index contributed by atoms with van der Waals surface area (Å²) in [7, 11) is 0. The van der Waals surface area contributed by atoms with Gasteiger partial charge in [0.25, 0.3) is 0 Å². The number of hydrogen-bond donors (Lipinski definition) is 1. The third kappa shape index (κ3) is 2.64. The number of halogens is 4. The normalized spacial score (nSPS) is 12.2. The monoisotopic (exact) mass is 381 g/mol. The van der Waals surface area contributed by atoms with Crippen LogP contribution in [0.4, 0.5) is 13.2 Å². The molecule has 4 aromatic heterocycles. The predicted molar refractivity (Wildman–Crippen MR) is 89.3 cm³/mol. The standard InChI is InChI=1S/C16H11ClF3N5O/c1-2-26-8-3-4-11-12-9(5-21-15(12)24-25(11)7-8)14-22-6-10(13(17)23-14)16(18,19)20/h3-7H,2H2,1H3,(H,21,24). The van der Waals surface area contributed by atoms with E-state index in [4.69, 9.17) is 16.3 Å². The van der Waals surface area contributed by atoms with E-state index >= 15 is 0 Å². The van der Waals surface area contributed by atoms with Crippen molar-refractivity contribution >= 4 is 28.2 Å². The fraction of sp³-hybridized carbons (Fsp3) is 0.188. The van der Waals surface area contributed by atoms with Gasteiger partial charge in [0.05, 0.1) is 23.7 Å². The first-order chi connectivity index (χ1) is 12.4. The van der Waals surface area contributed by atoms with Crippen molar-refractivity contribution in [2.75, 3.05) is 6.61 Å². The molecular weight excluding hydrogens is 371 g/mol. The van der Waals surface area contributed by atoms with Gasteiger partial charge >= 0.3 is 6.18 Å². The number of H-pyrrole nitrogens is 1. The second kappa shape index (κ2) is 5.87. The second-order valence-corrected chi connectivity index (χ2v) is 5.81. The van der Waals surface area contributed by atoms with Crippen molar-refractivity contribution in [2.45, 2.75) is 13.1 Å². The number of alkyl halides is 3. The van der Waals surface area contributed by atoms with Gasteiger partial charge < -0.3 is 9.72 Å². The predicted octanol–water partition coefficient (Wildman–Crippen LogP) is 4.34. The van der Waals surface area contributed by atoms with E-state index in [9.17, 15) is 13.2 Å². The van der Waals surface area contributed by atoms with Crippen molar-refractivity contribution in [1.82, 2.24) is 24.6 Å². The minimum Gasteiger partial charge on any atom is -0.492 e. The molecule has 0 amide bonds. The summed E-state index contributed by atoms with van der Waals surface area (Å²) in [6.45, 7) is 2.40. The van der Waals surface area contributed by atoms with Crippen LogP contribution in [0.25, 0.3) is 27.9 Å². The van der Waals surface area contributed by atoms with Gasteiger partial charge in [-0.3, -0.25) is 0 Å². The van der Waals surface area contributed by atoms with Crippen LogP contribution in [0.3, 0.4) is 0 Å². The zero-order chi connectivity index (χ0) is 18.5. The smallest absolute Gasteiger partial charge is 0.420 e. The van der Waals surface area contributed by atoms with Crippen LogP contribution in [-0.2, 0) is 6.18 Å². The molecule has 0 aromatic carbocycles. The SMILES string of the molecule is CCOc1ccc2c3c(-c4ncc(C(F)(F)F)c(Cl)n4)c[nH]c3nn2c1. The Kier molecular flexibility index (Phi) is 3.76. The van der Waals surface area contributed by atoms with E-state index in [2.05, 4.69) is 20.1 Å². The van der Waals surface area contributed by atoms with Crippen molar-refractivity contribution in [3.05, 3.63) is 41.4 Å². The maximum Gasteiger partial charge on any atom is 0.420 e. The number of pyridine rings is 1. The first kappa shape index (κ1) is 16.6. The topological polar surface area (TPSA) is 68.1 Å². The van der Waals surface area contributed by atoms with Gasteiger partial charge in [0.2, 0.25) is 0 Å². The summed E-state index contributed by atoms with van der Waals surface area (Å²) in [5.41, 5.74) is 0.721. The molecule has 0 radical (unpaired) electrons. The number of aromatic nitrogens is 5. The second-order valence-electron chi connectivity index (χ2n) is 5.45. The maximum absolute atomic E-state index is 12.8. The molecule has 1 N–H and O–H groups in total. The summed E-state index contributed by atoms with van der Waals surface area (Å²) in [5.74, 6) is 0.735. The van der Waals surface area contributed by atoms with Crippen molar-refractivity contribution in [1.29, 1.82) is 0 Å². The van der Waals surface area contributed by atoms with Crippen LogP contribution in [0.2, 0.25) is 5.15 Å². The number of nitrogens with zero attached hydrogens (tertiary/aromatic N) is 4. The average Bonchev–Trinajstić information content (AvgIpc) is 3.12. The van der Waals surface area contributed by atoms with Crippen molar-refractivity contribution in [3.63, 3.8) is 0 Å². The van der Waals surface area contributed by atoms with E-state index < -0.39 is 16.9 Å². The Morgan fingerprint density at radius 1 is 1.31 bits per heavy atom. The molecule has 4 heterocycles. The molecule has 0 atom stereocenters. The molecule has 4 aromatic rings. The summed E-state index contributed by atoms with van der Waals surface area (Å²) in [5, 5.41) is 4.43. The van der Waals surface area contributed by atoms with Crippen molar-refractivity contribution < 1.29 is 17.9 Å². The van der Waals surface area contributed by atoms with Gasteiger partial charge in [0, 0.05) is 18.0 Å². The summed E-state index contributed by atoms with van der Waals surface area (Å²) in [6.07, 6.45) is -0.615. The van der Waals surface area contributed by atoms with Crippen LogP contribution >= 0.6 is 11.6 Å². The molecule has 0 spiro atoms. The highest BCUT2D eigenvalue weighted by molar-refractivity contribution is 6.30. The lowest BCUT2D eigenvalue weighted by Crippen LogP contribution is -2.08. The van der Waals surface area contributed by atoms with E-state index in [1.165, 1.54) is 0 Å². The Morgan fingerprint density at radius 3 is 2.81 bits per heavy atom. The zero-order valence-electron chi connectivity index (χ0n) is 13.3. The lowest BCUT2D eigenvalue weighted by Gasteiger charge is -2.08. The highest BCUT2D eigenvalue weighted by Gasteiger charge is 2.35. The number of aromatic amines is 1. The zero-order valence-corrected chi connectivity index (χ0v) is 14.1. The van der Waals surface area contributed by atoms with Crippen LogP contribution in [0.5, 0.6) is 5.75 Å². The third-order valence-corrected chi connectivity index (χ3v) is 4.11. The summed E-state index contributed by atoms with van der Waals surface area (Å²) in [4.78, 5) is 10.6. The molecule has 0 aliphatic carbocycles. The maximum atomic E-state index is 12.8. The van der Waals surface area contributed by atoms with Crippen LogP contribution in [0.15, 0.2) is 30.7 Å². The lowest BCUT2D eigenvalue weighted by molar-refractivity contribution is -0.137. The van der Waals surface area contributed by atoms with Gasteiger partial charge in [0.15, 0.2) is 11.5 Å². The van der Waals surface area contributed by atoms with Gasteiger partial charge in [0.1, 0.15) is 16.5 Å². The van der Waals surface area contributed by atoms with E-state index in [1.54, 1.807) is 23.0 Å². The molecule has 0 unspecified atom stereocenters. The average molecular weight is 382 g/mol. The molecule has 4 rings (SSSR count). The van der Waals surface area contributed by atoms with Gasteiger partial charge in [-0.1, -0.05) is 11.6 Å². The molecule has 0 aliphatic heterocycles. The highest BCUT2D eigenvalue weighted by Crippen LogP contribution is 2.36. The minimum atomic E-state index is -4.61. The fourth-order valence-electron chi connectivity index (χ4n) is 2.72. The number of hydrogen-bond acceptors (Lipinski definition) is 4. The molecule has 6 nitrogen and oxygen atoms in total. The summed E-state index contributed by atoms with van der Waals surface area (Å²) >= 11 is 5.71. The van der Waals surface area contributed by atoms with E-state index in [0.717, 1.165) is 5.52 Å². The molecule has 0 saturated carbocycles. The lowest BCUT2D eigenvalue weighted by atomic mass is 10.2. The molecule has 0 bridgehead atoms. The highest BCUT2D eigenvalue weighted by atomic mass is 35.5. The van der Waals surface area contributed by atoms with Crippen LogP contribution in [0.1, 0.15) is 12.5 Å². The Hall–Kier alpha value is -2.81. The quantitative estimate of drug-likeness (QED) is 0.536. The molecular formula is C16H11ClF3N5O. The number of ether oxygens (including phenoxy) is 1.